The van der Waals surface area contributed by atoms with Gasteiger partial charge in [0, 0.05) is 12.4 Å². The highest BCUT2D eigenvalue weighted by Gasteiger charge is 2.25. The molecule has 0 unspecified atom stereocenters. The molecule has 4 rings (SSSR count). The predicted octanol–water partition coefficient (Wildman–Crippen LogP) is 5.15. The number of furan rings is 1. The van der Waals surface area contributed by atoms with Crippen molar-refractivity contribution in [3.05, 3.63) is 71.4 Å². The number of aromatic nitrogens is 2. The fraction of sp³-hybridized carbons (Fsp3) is 0.227. The molecule has 0 N–H and O–H groups in total. The molecule has 0 atom stereocenters. The van der Waals surface area contributed by atoms with Crippen molar-refractivity contribution in [3.8, 4) is 5.75 Å². The van der Waals surface area contributed by atoms with Crippen LogP contribution in [0.15, 0.2) is 53.2 Å². The lowest BCUT2D eigenvalue weighted by molar-refractivity contribution is 0.0983. The van der Waals surface area contributed by atoms with Crippen molar-refractivity contribution in [2.24, 2.45) is 0 Å². The topological polar surface area (TPSA) is 68.5 Å². The van der Waals surface area contributed by atoms with E-state index in [-0.39, 0.29) is 5.91 Å². The first-order chi connectivity index (χ1) is 14.1. The monoisotopic (exact) mass is 407 g/mol. The molecule has 0 aliphatic heterocycles. The number of fused-ring (bicyclic) bond motifs is 1. The molecule has 3 aromatic heterocycles. The lowest BCUT2D eigenvalue weighted by atomic mass is 10.2. The second kappa shape index (κ2) is 8.05. The second-order valence-corrected chi connectivity index (χ2v) is 7.62. The average molecular weight is 407 g/mol. The second-order valence-electron chi connectivity index (χ2n) is 6.61. The number of rotatable bonds is 6. The number of hydrogen-bond acceptors (Lipinski definition) is 6. The zero-order chi connectivity index (χ0) is 20.4. The van der Waals surface area contributed by atoms with Crippen molar-refractivity contribution in [2.75, 3.05) is 11.5 Å². The number of para-hydroxylation sites is 1. The van der Waals surface area contributed by atoms with E-state index in [9.17, 15) is 4.79 Å². The highest BCUT2D eigenvalue weighted by atomic mass is 32.1. The van der Waals surface area contributed by atoms with Gasteiger partial charge in [0.05, 0.1) is 23.4 Å². The van der Waals surface area contributed by atoms with E-state index in [4.69, 9.17) is 14.1 Å². The van der Waals surface area contributed by atoms with Gasteiger partial charge in [-0.05, 0) is 50.6 Å². The normalized spacial score (nSPS) is 11.0. The van der Waals surface area contributed by atoms with Crippen molar-refractivity contribution in [3.63, 3.8) is 0 Å². The third-order valence-corrected chi connectivity index (χ3v) is 5.53. The van der Waals surface area contributed by atoms with E-state index in [1.54, 1.807) is 30.3 Å². The fourth-order valence-corrected chi connectivity index (χ4v) is 4.17. The van der Waals surface area contributed by atoms with Crippen molar-refractivity contribution in [1.29, 1.82) is 0 Å². The van der Waals surface area contributed by atoms with E-state index in [1.807, 2.05) is 44.2 Å². The average Bonchev–Trinajstić information content (AvgIpc) is 3.30. The minimum absolute atomic E-state index is 0.153. The van der Waals surface area contributed by atoms with Crippen molar-refractivity contribution in [2.45, 2.75) is 27.3 Å². The van der Waals surface area contributed by atoms with Crippen LogP contribution < -0.4 is 9.64 Å². The minimum Gasteiger partial charge on any atom is -0.492 e. The first-order valence-corrected chi connectivity index (χ1v) is 10.2. The standard InChI is InChI=1S/C22H21N3O3S/c1-4-27-18-8-5-9-19-20(18)24-22(29-19)25(13-16-7-6-10-23-12-16)21(26)17-11-14(2)28-15(17)3/h5-12H,4,13H2,1-3H3. The number of benzene rings is 1. The summed E-state index contributed by atoms with van der Waals surface area (Å²) in [5.74, 6) is 1.87. The zero-order valence-electron chi connectivity index (χ0n) is 16.5. The molecule has 148 valence electrons. The molecule has 0 saturated heterocycles. The molecular formula is C22H21N3O3S. The Labute approximate surface area is 172 Å². The first-order valence-electron chi connectivity index (χ1n) is 9.37. The molecule has 0 aliphatic carbocycles. The molecule has 0 saturated carbocycles. The number of hydrogen-bond donors (Lipinski definition) is 0. The molecule has 0 aliphatic rings. The van der Waals surface area contributed by atoms with Gasteiger partial charge in [0.2, 0.25) is 0 Å². The summed E-state index contributed by atoms with van der Waals surface area (Å²) in [4.78, 5) is 24.1. The van der Waals surface area contributed by atoms with Gasteiger partial charge in [-0.15, -0.1) is 0 Å². The number of amides is 1. The Morgan fingerprint density at radius 1 is 1.24 bits per heavy atom. The number of ether oxygens (including phenoxy) is 1. The molecule has 4 aromatic rings. The Balaban J connectivity index is 1.79. The van der Waals surface area contributed by atoms with Gasteiger partial charge >= 0.3 is 0 Å². The number of carbonyl (C=O) groups excluding carboxylic acids is 1. The Hall–Kier alpha value is -3.19. The molecule has 29 heavy (non-hydrogen) atoms. The quantitative estimate of drug-likeness (QED) is 0.442. The van der Waals surface area contributed by atoms with Gasteiger partial charge in [-0.25, -0.2) is 4.98 Å². The zero-order valence-corrected chi connectivity index (χ0v) is 17.3. The highest BCUT2D eigenvalue weighted by molar-refractivity contribution is 7.22. The molecule has 3 heterocycles. The summed E-state index contributed by atoms with van der Waals surface area (Å²) in [6.07, 6.45) is 3.47. The third-order valence-electron chi connectivity index (χ3n) is 4.48. The van der Waals surface area contributed by atoms with Crippen LogP contribution in [0.25, 0.3) is 10.2 Å². The van der Waals surface area contributed by atoms with E-state index in [1.165, 1.54) is 11.3 Å². The van der Waals surface area contributed by atoms with Crippen LogP contribution in [0.5, 0.6) is 5.75 Å². The maximum Gasteiger partial charge on any atom is 0.263 e. The smallest absolute Gasteiger partial charge is 0.263 e. The largest absolute Gasteiger partial charge is 0.492 e. The van der Waals surface area contributed by atoms with Gasteiger partial charge in [-0.3, -0.25) is 14.7 Å². The third kappa shape index (κ3) is 3.86. The van der Waals surface area contributed by atoms with Crippen molar-refractivity contribution >= 4 is 32.6 Å². The van der Waals surface area contributed by atoms with Crippen LogP contribution in [0.1, 0.15) is 34.4 Å². The summed E-state index contributed by atoms with van der Waals surface area (Å²) in [6.45, 7) is 6.49. The summed E-state index contributed by atoms with van der Waals surface area (Å²) in [7, 11) is 0. The SMILES string of the molecule is CCOc1cccc2sc(N(Cc3cccnc3)C(=O)c3cc(C)oc3C)nc12. The minimum atomic E-state index is -0.153. The van der Waals surface area contributed by atoms with Gasteiger partial charge in [-0.1, -0.05) is 23.5 Å². The maximum absolute atomic E-state index is 13.5. The number of carbonyl (C=O) groups is 1. The first kappa shape index (κ1) is 19.1. The summed E-state index contributed by atoms with van der Waals surface area (Å²) in [5, 5.41) is 0.610. The van der Waals surface area contributed by atoms with Crippen LogP contribution in [-0.4, -0.2) is 22.5 Å². The summed E-state index contributed by atoms with van der Waals surface area (Å²) >= 11 is 1.46. The van der Waals surface area contributed by atoms with E-state index in [0.29, 0.717) is 35.4 Å². The van der Waals surface area contributed by atoms with E-state index in [2.05, 4.69) is 4.98 Å². The maximum atomic E-state index is 13.5. The molecule has 0 bridgehead atoms. The van der Waals surface area contributed by atoms with Crippen LogP contribution in [0.4, 0.5) is 5.13 Å². The molecule has 0 spiro atoms. The van der Waals surface area contributed by atoms with Crippen LogP contribution >= 0.6 is 11.3 Å². The Bertz CT molecular complexity index is 1150. The summed E-state index contributed by atoms with van der Waals surface area (Å²) < 4.78 is 12.3. The van der Waals surface area contributed by atoms with Gasteiger partial charge in [0.1, 0.15) is 22.8 Å². The number of pyridine rings is 1. The van der Waals surface area contributed by atoms with Crippen LogP contribution in [0.3, 0.4) is 0 Å². The highest BCUT2D eigenvalue weighted by Crippen LogP contribution is 2.35. The molecule has 0 radical (unpaired) electrons. The van der Waals surface area contributed by atoms with Gasteiger partial charge in [0.15, 0.2) is 5.13 Å². The molecule has 7 heteroatoms. The molecular weight excluding hydrogens is 386 g/mol. The fourth-order valence-electron chi connectivity index (χ4n) is 3.19. The Morgan fingerprint density at radius 2 is 2.10 bits per heavy atom. The number of thiazole rings is 1. The summed E-state index contributed by atoms with van der Waals surface area (Å²) in [5.41, 5.74) is 2.22. The molecule has 6 nitrogen and oxygen atoms in total. The van der Waals surface area contributed by atoms with Crippen LogP contribution in [-0.2, 0) is 6.54 Å². The van der Waals surface area contributed by atoms with Gasteiger partial charge < -0.3 is 9.15 Å². The Morgan fingerprint density at radius 3 is 2.79 bits per heavy atom. The molecule has 1 aromatic carbocycles. The Kier molecular flexibility index (Phi) is 5.31. The van der Waals surface area contributed by atoms with Crippen molar-refractivity contribution in [1.82, 2.24) is 9.97 Å². The number of anilines is 1. The summed E-state index contributed by atoms with van der Waals surface area (Å²) in [6, 6.07) is 11.4. The number of aryl methyl sites for hydroxylation is 2. The van der Waals surface area contributed by atoms with Gasteiger partial charge in [0.25, 0.3) is 5.91 Å². The number of nitrogens with zero attached hydrogens (tertiary/aromatic N) is 3. The van der Waals surface area contributed by atoms with E-state index < -0.39 is 0 Å². The lowest BCUT2D eigenvalue weighted by Crippen LogP contribution is -2.30. The van der Waals surface area contributed by atoms with Crippen LogP contribution in [0.2, 0.25) is 0 Å². The molecule has 1 amide bonds. The molecule has 0 fully saturated rings. The van der Waals surface area contributed by atoms with Crippen molar-refractivity contribution < 1.29 is 13.9 Å². The van der Waals surface area contributed by atoms with E-state index >= 15 is 0 Å². The van der Waals surface area contributed by atoms with Crippen LogP contribution in [0, 0.1) is 13.8 Å². The lowest BCUT2D eigenvalue weighted by Gasteiger charge is -2.19. The van der Waals surface area contributed by atoms with E-state index in [0.717, 1.165) is 21.5 Å². The van der Waals surface area contributed by atoms with Gasteiger partial charge in [-0.2, -0.15) is 0 Å². The predicted molar refractivity (Wildman–Crippen MR) is 114 cm³/mol.